The van der Waals surface area contributed by atoms with Crippen LogP contribution in [0.25, 0.3) is 23.1 Å². The largest absolute Gasteiger partial charge is 0.513 e. The summed E-state index contributed by atoms with van der Waals surface area (Å²) in [5.41, 5.74) is 1.88. The third-order valence-electron chi connectivity index (χ3n) is 6.98. The van der Waals surface area contributed by atoms with E-state index in [0.717, 1.165) is 15.7 Å². The Morgan fingerprint density at radius 3 is 2.16 bits per heavy atom. The Balaban J connectivity index is 1.31. The summed E-state index contributed by atoms with van der Waals surface area (Å²) in [5.74, 6) is 1.00. The van der Waals surface area contributed by atoms with Crippen molar-refractivity contribution in [2.45, 2.75) is 38.8 Å². The molecule has 0 bridgehead atoms. The van der Waals surface area contributed by atoms with Crippen LogP contribution >= 0.6 is 0 Å². The van der Waals surface area contributed by atoms with E-state index in [0.29, 0.717) is 28.0 Å². The Morgan fingerprint density at radius 1 is 0.878 bits per heavy atom. The fraction of sp³-hybridized carbons (Fsp3) is 0.278. The number of para-hydroxylation sites is 1. The van der Waals surface area contributed by atoms with Gasteiger partial charge in [-0.3, -0.25) is 9.36 Å². The maximum absolute atomic E-state index is 13.2. The van der Waals surface area contributed by atoms with Gasteiger partial charge in [0.05, 0.1) is 26.3 Å². The lowest BCUT2D eigenvalue weighted by molar-refractivity contribution is -0.123. The van der Waals surface area contributed by atoms with Crippen LogP contribution in [-0.2, 0) is 20.7 Å². The van der Waals surface area contributed by atoms with Crippen LogP contribution in [-0.4, -0.2) is 72.9 Å². The lowest BCUT2D eigenvalue weighted by Crippen LogP contribution is -2.50. The number of amides is 2. The summed E-state index contributed by atoms with van der Waals surface area (Å²) in [6.07, 6.45) is 2.17. The predicted octanol–water partition coefficient (Wildman–Crippen LogP) is 6.12. The van der Waals surface area contributed by atoms with Gasteiger partial charge in [0.2, 0.25) is 5.91 Å². The molecule has 4 aromatic rings. The minimum Gasteiger partial charge on any atom is -0.497 e. The van der Waals surface area contributed by atoms with Gasteiger partial charge in [-0.25, -0.2) is 14.4 Å². The molecule has 0 saturated heterocycles. The monoisotopic (exact) mass is 673 g/mol. The zero-order chi connectivity index (χ0) is 35.6. The fourth-order valence-electron chi connectivity index (χ4n) is 4.77. The van der Waals surface area contributed by atoms with Gasteiger partial charge in [-0.2, -0.15) is 0 Å². The average molecular weight is 674 g/mol. The number of alkyl carbamates (subject to hydrolysis) is 1. The van der Waals surface area contributed by atoms with E-state index in [4.69, 9.17) is 23.7 Å². The standard InChI is InChI=1S/C36H39N3O10/c1-36(2,3)49-33(41)38-30(20-25-22-39(34(42)43)31-9-7-6-8-29(25)31)32(40)37-16-17-47-35(44)48-26-14-12-23(13-15-26)10-11-24-18-27(45-4)21-28(19-24)46-5/h6-15,18-19,21-22,30H,16-17,20H2,1-5H3,(H,37,40)(H,38,41)(H,42,43). The molecule has 0 saturated carbocycles. The Hall–Kier alpha value is -5.98. The van der Waals surface area contributed by atoms with E-state index in [1.807, 2.05) is 24.3 Å². The number of rotatable bonds is 12. The molecule has 0 aliphatic heterocycles. The molecule has 0 aliphatic carbocycles. The summed E-state index contributed by atoms with van der Waals surface area (Å²) in [5, 5.41) is 15.4. The number of fused-ring (bicyclic) bond motifs is 1. The van der Waals surface area contributed by atoms with Gasteiger partial charge in [0.15, 0.2) is 0 Å². The molecule has 0 radical (unpaired) electrons. The molecule has 1 heterocycles. The summed E-state index contributed by atoms with van der Waals surface area (Å²) in [4.78, 5) is 49.9. The van der Waals surface area contributed by atoms with Gasteiger partial charge in [-0.15, -0.1) is 0 Å². The van der Waals surface area contributed by atoms with E-state index < -0.39 is 35.9 Å². The van der Waals surface area contributed by atoms with Crippen molar-refractivity contribution < 1.29 is 48.0 Å². The van der Waals surface area contributed by atoms with E-state index in [-0.39, 0.29) is 25.3 Å². The van der Waals surface area contributed by atoms with E-state index in [9.17, 15) is 24.3 Å². The van der Waals surface area contributed by atoms with Gasteiger partial charge in [-0.1, -0.05) is 42.5 Å². The van der Waals surface area contributed by atoms with Crippen molar-refractivity contribution in [2.75, 3.05) is 27.4 Å². The van der Waals surface area contributed by atoms with Gasteiger partial charge in [0.25, 0.3) is 0 Å². The van der Waals surface area contributed by atoms with Crippen molar-refractivity contribution >= 4 is 47.3 Å². The summed E-state index contributed by atoms with van der Waals surface area (Å²) in [6.45, 7) is 4.76. The van der Waals surface area contributed by atoms with Crippen LogP contribution in [0.4, 0.5) is 14.4 Å². The van der Waals surface area contributed by atoms with Crippen LogP contribution < -0.4 is 24.8 Å². The number of carboxylic acid groups (broad SMARTS) is 1. The smallest absolute Gasteiger partial charge is 0.497 e. The summed E-state index contributed by atoms with van der Waals surface area (Å²) in [7, 11) is 3.16. The first-order chi connectivity index (χ1) is 23.3. The van der Waals surface area contributed by atoms with Gasteiger partial charge in [0.1, 0.15) is 35.5 Å². The van der Waals surface area contributed by atoms with E-state index in [2.05, 4.69) is 10.6 Å². The van der Waals surface area contributed by atoms with Gasteiger partial charge in [0, 0.05) is 24.1 Å². The van der Waals surface area contributed by atoms with Gasteiger partial charge < -0.3 is 39.4 Å². The SMILES string of the molecule is COc1cc(C=Cc2ccc(OC(=O)OCCNC(=O)C(Cc3cn(C(=O)O)c4ccccc34)NC(=O)OC(C)(C)C)cc2)cc(OC)c1. The molecule has 13 nitrogen and oxygen atoms in total. The number of nitrogens with one attached hydrogen (secondary N) is 2. The number of hydrogen-bond acceptors (Lipinski definition) is 9. The first-order valence-electron chi connectivity index (χ1n) is 15.3. The fourth-order valence-corrected chi connectivity index (χ4v) is 4.77. The minimum absolute atomic E-state index is 0.0340. The highest BCUT2D eigenvalue weighted by atomic mass is 16.7. The van der Waals surface area contributed by atoms with Crippen molar-refractivity contribution in [1.82, 2.24) is 15.2 Å². The van der Waals surface area contributed by atoms with Crippen molar-refractivity contribution in [3.8, 4) is 17.2 Å². The van der Waals surface area contributed by atoms with E-state index in [1.54, 1.807) is 89.6 Å². The predicted molar refractivity (Wildman–Crippen MR) is 182 cm³/mol. The molecule has 1 unspecified atom stereocenters. The highest BCUT2D eigenvalue weighted by Gasteiger charge is 2.26. The van der Waals surface area contributed by atoms with Crippen LogP contribution in [0.3, 0.4) is 0 Å². The number of ether oxygens (including phenoxy) is 5. The van der Waals surface area contributed by atoms with Crippen molar-refractivity contribution in [1.29, 1.82) is 0 Å². The number of carbonyl (C=O) groups excluding carboxylic acids is 3. The average Bonchev–Trinajstić information content (AvgIpc) is 3.43. The molecule has 13 heteroatoms. The quantitative estimate of drug-likeness (QED) is 0.0691. The maximum atomic E-state index is 13.2. The molecule has 49 heavy (non-hydrogen) atoms. The molecule has 3 N–H and O–H groups in total. The van der Waals surface area contributed by atoms with Crippen molar-refractivity contribution in [3.05, 3.63) is 89.6 Å². The molecular formula is C36H39N3O10. The molecule has 258 valence electrons. The molecule has 0 aliphatic rings. The second kappa shape index (κ2) is 16.2. The Bertz CT molecular complexity index is 1800. The normalized spacial score (nSPS) is 11.9. The Kier molecular flexibility index (Phi) is 11.9. The van der Waals surface area contributed by atoms with Gasteiger partial charge >= 0.3 is 18.3 Å². The molecule has 0 spiro atoms. The lowest BCUT2D eigenvalue weighted by Gasteiger charge is -2.23. The summed E-state index contributed by atoms with van der Waals surface area (Å²) in [6, 6.07) is 18.0. The number of hydrogen-bond donors (Lipinski definition) is 3. The Labute approximate surface area is 283 Å². The molecule has 1 atom stereocenters. The number of nitrogens with zero attached hydrogens (tertiary/aromatic N) is 1. The number of carbonyl (C=O) groups is 4. The molecule has 0 fully saturated rings. The second-order valence-corrected chi connectivity index (χ2v) is 11.8. The summed E-state index contributed by atoms with van der Waals surface area (Å²) < 4.78 is 27.3. The van der Waals surface area contributed by atoms with Crippen LogP contribution in [0.1, 0.15) is 37.5 Å². The number of methoxy groups -OCH3 is 2. The van der Waals surface area contributed by atoms with Crippen LogP contribution in [0, 0.1) is 0 Å². The first kappa shape index (κ1) is 35.9. The van der Waals surface area contributed by atoms with E-state index >= 15 is 0 Å². The molecular weight excluding hydrogens is 634 g/mol. The van der Waals surface area contributed by atoms with Crippen LogP contribution in [0.15, 0.2) is 72.9 Å². The third-order valence-corrected chi connectivity index (χ3v) is 6.98. The molecule has 1 aromatic heterocycles. The van der Waals surface area contributed by atoms with Crippen molar-refractivity contribution in [3.63, 3.8) is 0 Å². The highest BCUT2D eigenvalue weighted by molar-refractivity contribution is 5.93. The van der Waals surface area contributed by atoms with E-state index in [1.165, 1.54) is 6.20 Å². The first-order valence-corrected chi connectivity index (χ1v) is 15.3. The third kappa shape index (κ3) is 10.5. The zero-order valence-electron chi connectivity index (χ0n) is 27.9. The molecule has 4 rings (SSSR count). The minimum atomic E-state index is -1.19. The lowest BCUT2D eigenvalue weighted by atomic mass is 10.0. The number of aromatic nitrogens is 1. The van der Waals surface area contributed by atoms with Gasteiger partial charge in [-0.05, 0) is 67.8 Å². The van der Waals surface area contributed by atoms with Crippen LogP contribution in [0.2, 0.25) is 0 Å². The Morgan fingerprint density at radius 2 is 1.53 bits per heavy atom. The number of benzene rings is 3. The topological polar surface area (TPSA) is 164 Å². The molecule has 3 aromatic carbocycles. The molecule has 2 amide bonds. The highest BCUT2D eigenvalue weighted by Crippen LogP contribution is 2.25. The van der Waals surface area contributed by atoms with Crippen molar-refractivity contribution in [2.24, 2.45) is 0 Å². The maximum Gasteiger partial charge on any atom is 0.513 e. The summed E-state index contributed by atoms with van der Waals surface area (Å²) >= 11 is 0. The zero-order valence-corrected chi connectivity index (χ0v) is 27.9. The second-order valence-electron chi connectivity index (χ2n) is 11.8. The van der Waals surface area contributed by atoms with Crippen LogP contribution in [0.5, 0.6) is 17.2 Å².